The summed E-state index contributed by atoms with van der Waals surface area (Å²) in [6.07, 6.45) is 1.04. The van der Waals surface area contributed by atoms with Crippen LogP contribution in [0, 0.1) is 6.92 Å². The molecule has 1 aromatic rings. The number of aryl methyl sites for hydroxylation is 1. The van der Waals surface area contributed by atoms with E-state index in [0.717, 1.165) is 35.2 Å². The quantitative estimate of drug-likeness (QED) is 0.755. The van der Waals surface area contributed by atoms with E-state index in [-0.39, 0.29) is 5.91 Å². The summed E-state index contributed by atoms with van der Waals surface area (Å²) in [5.74, 6) is 0.0107. The zero-order valence-electron chi connectivity index (χ0n) is 11.8. The number of hydrogen-bond donors (Lipinski definition) is 2. The Balaban J connectivity index is 2.42. The standard InChI is InChI=1S/C14H22BrN3O/c1-11-5-6-13(12(15)9-11)17-14(19)10-18(3)8-4-7-16-2/h5-6,9,16H,4,7-8,10H2,1-3H3,(H,17,19). The molecule has 0 aliphatic heterocycles. The van der Waals surface area contributed by atoms with Crippen LogP contribution in [-0.2, 0) is 4.79 Å². The van der Waals surface area contributed by atoms with Crippen molar-refractivity contribution in [2.75, 3.05) is 39.0 Å². The van der Waals surface area contributed by atoms with Gasteiger partial charge in [0.15, 0.2) is 0 Å². The lowest BCUT2D eigenvalue weighted by Crippen LogP contribution is -2.32. The van der Waals surface area contributed by atoms with E-state index < -0.39 is 0 Å². The summed E-state index contributed by atoms with van der Waals surface area (Å²) in [6.45, 7) is 4.30. The van der Waals surface area contributed by atoms with Gasteiger partial charge in [-0.2, -0.15) is 0 Å². The summed E-state index contributed by atoms with van der Waals surface area (Å²) in [4.78, 5) is 13.9. The average Bonchev–Trinajstić information content (AvgIpc) is 2.33. The van der Waals surface area contributed by atoms with Crippen LogP contribution in [0.5, 0.6) is 0 Å². The van der Waals surface area contributed by atoms with Crippen molar-refractivity contribution in [3.8, 4) is 0 Å². The second-order valence-electron chi connectivity index (χ2n) is 4.73. The van der Waals surface area contributed by atoms with Crippen molar-refractivity contribution in [1.29, 1.82) is 0 Å². The molecule has 0 aromatic heterocycles. The van der Waals surface area contributed by atoms with Gasteiger partial charge in [-0.15, -0.1) is 0 Å². The third-order valence-corrected chi connectivity index (χ3v) is 3.43. The van der Waals surface area contributed by atoms with Gasteiger partial charge >= 0.3 is 0 Å². The molecular weight excluding hydrogens is 306 g/mol. The summed E-state index contributed by atoms with van der Waals surface area (Å²) < 4.78 is 0.915. The Kier molecular flexibility index (Phi) is 7.05. The summed E-state index contributed by atoms with van der Waals surface area (Å²) in [7, 11) is 3.89. The lowest BCUT2D eigenvalue weighted by molar-refractivity contribution is -0.117. The molecule has 0 fully saturated rings. The number of halogens is 1. The van der Waals surface area contributed by atoms with Crippen LogP contribution in [-0.4, -0.2) is 44.5 Å². The fourth-order valence-corrected chi connectivity index (χ4v) is 2.35. The largest absolute Gasteiger partial charge is 0.324 e. The number of anilines is 1. The molecule has 19 heavy (non-hydrogen) atoms. The molecule has 5 heteroatoms. The zero-order chi connectivity index (χ0) is 14.3. The Bertz CT molecular complexity index is 423. The number of benzene rings is 1. The van der Waals surface area contributed by atoms with Crippen LogP contribution in [0.3, 0.4) is 0 Å². The molecule has 0 heterocycles. The highest BCUT2D eigenvalue weighted by Crippen LogP contribution is 2.23. The molecule has 0 spiro atoms. The summed E-state index contributed by atoms with van der Waals surface area (Å²) in [5, 5.41) is 6.01. The maximum absolute atomic E-state index is 11.9. The van der Waals surface area contributed by atoms with E-state index in [1.807, 2.05) is 44.1 Å². The molecule has 2 N–H and O–H groups in total. The zero-order valence-corrected chi connectivity index (χ0v) is 13.4. The number of hydrogen-bond acceptors (Lipinski definition) is 3. The Morgan fingerprint density at radius 3 is 2.79 bits per heavy atom. The van der Waals surface area contributed by atoms with E-state index >= 15 is 0 Å². The summed E-state index contributed by atoms with van der Waals surface area (Å²) >= 11 is 3.46. The summed E-state index contributed by atoms with van der Waals surface area (Å²) in [6, 6.07) is 5.89. The highest BCUT2D eigenvalue weighted by molar-refractivity contribution is 9.10. The second-order valence-corrected chi connectivity index (χ2v) is 5.58. The van der Waals surface area contributed by atoms with Crippen LogP contribution in [0.1, 0.15) is 12.0 Å². The number of nitrogens with zero attached hydrogens (tertiary/aromatic N) is 1. The average molecular weight is 328 g/mol. The van der Waals surface area contributed by atoms with Gasteiger partial charge in [-0.1, -0.05) is 6.07 Å². The molecule has 0 atom stereocenters. The van der Waals surface area contributed by atoms with Crippen molar-refractivity contribution in [2.24, 2.45) is 0 Å². The summed E-state index contributed by atoms with van der Waals surface area (Å²) in [5.41, 5.74) is 1.98. The third-order valence-electron chi connectivity index (χ3n) is 2.78. The minimum atomic E-state index is 0.0107. The molecule has 1 rings (SSSR count). The van der Waals surface area contributed by atoms with Crippen LogP contribution < -0.4 is 10.6 Å². The number of rotatable bonds is 7. The monoisotopic (exact) mass is 327 g/mol. The number of carbonyl (C=O) groups is 1. The van der Waals surface area contributed by atoms with Crippen LogP contribution in [0.15, 0.2) is 22.7 Å². The van der Waals surface area contributed by atoms with Crippen molar-refractivity contribution < 1.29 is 4.79 Å². The second kappa shape index (κ2) is 8.30. The maximum atomic E-state index is 11.9. The van der Waals surface area contributed by atoms with E-state index in [2.05, 4.69) is 26.6 Å². The Hall–Kier alpha value is -0.910. The predicted octanol–water partition coefficient (Wildman–Crippen LogP) is 2.24. The van der Waals surface area contributed by atoms with E-state index in [4.69, 9.17) is 0 Å². The molecule has 0 radical (unpaired) electrons. The van der Waals surface area contributed by atoms with Crippen molar-refractivity contribution in [1.82, 2.24) is 10.2 Å². The first-order valence-corrected chi connectivity index (χ1v) is 7.21. The maximum Gasteiger partial charge on any atom is 0.238 e. The Labute approximate surface area is 123 Å². The van der Waals surface area contributed by atoms with Gasteiger partial charge in [0.25, 0.3) is 0 Å². The van der Waals surface area contributed by atoms with E-state index in [1.54, 1.807) is 0 Å². The van der Waals surface area contributed by atoms with Crippen molar-refractivity contribution in [3.63, 3.8) is 0 Å². The molecule has 1 aromatic carbocycles. The normalized spacial score (nSPS) is 10.8. The van der Waals surface area contributed by atoms with Gasteiger partial charge in [0.2, 0.25) is 5.91 Å². The lowest BCUT2D eigenvalue weighted by Gasteiger charge is -2.16. The first-order valence-electron chi connectivity index (χ1n) is 6.42. The molecule has 0 aliphatic rings. The predicted molar refractivity (Wildman–Crippen MR) is 83.5 cm³/mol. The van der Waals surface area contributed by atoms with Crippen molar-refractivity contribution in [3.05, 3.63) is 28.2 Å². The molecule has 0 unspecified atom stereocenters. The van der Waals surface area contributed by atoms with Gasteiger partial charge in [0.1, 0.15) is 0 Å². The van der Waals surface area contributed by atoms with E-state index in [9.17, 15) is 4.79 Å². The van der Waals surface area contributed by atoms with Crippen molar-refractivity contribution >= 4 is 27.5 Å². The van der Waals surface area contributed by atoms with Gasteiger partial charge in [-0.25, -0.2) is 0 Å². The number of amides is 1. The van der Waals surface area contributed by atoms with Crippen molar-refractivity contribution in [2.45, 2.75) is 13.3 Å². The highest BCUT2D eigenvalue weighted by Gasteiger charge is 2.08. The third kappa shape index (κ3) is 6.18. The van der Waals surface area contributed by atoms with Gasteiger partial charge in [-0.05, 0) is 74.2 Å². The Morgan fingerprint density at radius 1 is 1.42 bits per heavy atom. The minimum absolute atomic E-state index is 0.0107. The fraction of sp³-hybridized carbons (Fsp3) is 0.500. The fourth-order valence-electron chi connectivity index (χ4n) is 1.76. The lowest BCUT2D eigenvalue weighted by atomic mass is 10.2. The van der Waals surface area contributed by atoms with Gasteiger partial charge in [-0.3, -0.25) is 9.69 Å². The van der Waals surface area contributed by atoms with Crippen LogP contribution in [0.4, 0.5) is 5.69 Å². The Morgan fingerprint density at radius 2 is 2.16 bits per heavy atom. The molecule has 0 bridgehead atoms. The first-order chi connectivity index (χ1) is 9.02. The molecular formula is C14H22BrN3O. The van der Waals surface area contributed by atoms with E-state index in [1.165, 1.54) is 0 Å². The first kappa shape index (κ1) is 16.1. The number of likely N-dealkylation sites (N-methyl/N-ethyl adjacent to an activating group) is 1. The van der Waals surface area contributed by atoms with Crippen LogP contribution in [0.25, 0.3) is 0 Å². The highest BCUT2D eigenvalue weighted by atomic mass is 79.9. The SMILES string of the molecule is CNCCCN(C)CC(=O)Nc1ccc(C)cc1Br. The molecule has 106 valence electrons. The van der Waals surface area contributed by atoms with Gasteiger partial charge in [0, 0.05) is 4.47 Å². The number of carbonyl (C=O) groups excluding carboxylic acids is 1. The molecule has 0 aliphatic carbocycles. The number of nitrogens with one attached hydrogen (secondary N) is 2. The smallest absolute Gasteiger partial charge is 0.238 e. The van der Waals surface area contributed by atoms with Crippen LogP contribution in [0.2, 0.25) is 0 Å². The molecule has 4 nitrogen and oxygen atoms in total. The molecule has 1 amide bonds. The van der Waals surface area contributed by atoms with Gasteiger partial charge < -0.3 is 10.6 Å². The molecule has 0 saturated carbocycles. The van der Waals surface area contributed by atoms with E-state index in [0.29, 0.717) is 6.54 Å². The topological polar surface area (TPSA) is 44.4 Å². The van der Waals surface area contributed by atoms with Gasteiger partial charge in [0.05, 0.1) is 12.2 Å². The molecule has 0 saturated heterocycles. The minimum Gasteiger partial charge on any atom is -0.324 e. The van der Waals surface area contributed by atoms with Crippen LogP contribution >= 0.6 is 15.9 Å².